The minimum Gasteiger partial charge on any atom is -0.505 e. The molecule has 0 spiro atoms. The third kappa shape index (κ3) is 7.97. The lowest BCUT2D eigenvalue weighted by molar-refractivity contribution is -0.181. The number of amides is 3. The topological polar surface area (TPSA) is 243 Å². The highest BCUT2D eigenvalue weighted by molar-refractivity contribution is 6.32. The van der Waals surface area contributed by atoms with E-state index in [2.05, 4.69) is 5.32 Å². The van der Waals surface area contributed by atoms with Crippen molar-refractivity contribution in [1.29, 1.82) is 0 Å². The molecule has 0 radical (unpaired) electrons. The molecule has 2 saturated carbocycles. The first-order valence-electron chi connectivity index (χ1n) is 17.8. The molecule has 296 valence electrons. The van der Waals surface area contributed by atoms with Crippen LogP contribution in [-0.2, 0) is 44.7 Å². The van der Waals surface area contributed by atoms with Gasteiger partial charge in [0.1, 0.15) is 12.3 Å². The average molecular weight is 758 g/mol. The standard InChI is InChI=1S/C37H51N5O12/c1-9-10-11-42(35(51)54-17-53-24(44)15-36(2,3)4)16-23(43)39-21-14-22(40(5)6)19-12-18-13-20-28(41(7)8)31(47)27(34(38)50)33(49)37(20,52)32(48)25(18)30(46)26(19)29(21)45/h14,18,20,25,27-28,45,52H,9-13,15-17H2,1-8H3,(H2,38,50)(H,39,43)/t18-,20-,25?,27?,28-,37-/m0/s1. The Balaban J connectivity index is 1.64. The second-order valence-electron chi connectivity index (χ2n) is 15.9. The lowest BCUT2D eigenvalue weighted by atomic mass is 9.52. The van der Waals surface area contributed by atoms with Gasteiger partial charge in [-0.1, -0.05) is 34.1 Å². The first-order chi connectivity index (χ1) is 25.1. The highest BCUT2D eigenvalue weighted by atomic mass is 16.7. The molecule has 2 unspecified atom stereocenters. The second-order valence-corrected chi connectivity index (χ2v) is 15.9. The Bertz CT molecular complexity index is 1750. The number of carbonyl (C=O) groups excluding carboxylic acids is 8. The molecule has 17 nitrogen and oxygen atoms in total. The van der Waals surface area contributed by atoms with Crippen LogP contribution in [0.5, 0.6) is 5.75 Å². The number of phenolic OH excluding ortho intramolecular Hbond substituents is 1. The van der Waals surface area contributed by atoms with Gasteiger partial charge in [-0.05, 0) is 56.3 Å². The van der Waals surface area contributed by atoms with E-state index in [4.69, 9.17) is 15.2 Å². The predicted molar refractivity (Wildman–Crippen MR) is 192 cm³/mol. The Morgan fingerprint density at radius 1 is 1.04 bits per heavy atom. The highest BCUT2D eigenvalue weighted by Crippen LogP contribution is 2.52. The Hall–Kier alpha value is -4.90. The average Bonchev–Trinajstić information content (AvgIpc) is 3.04. The zero-order valence-electron chi connectivity index (χ0n) is 32.0. The van der Waals surface area contributed by atoms with E-state index in [0.717, 1.165) is 4.90 Å². The maximum atomic E-state index is 14.3. The number of fused-ring (bicyclic) bond motifs is 3. The minimum atomic E-state index is -2.88. The zero-order chi connectivity index (χ0) is 40.6. The summed E-state index contributed by atoms with van der Waals surface area (Å²) in [5, 5.41) is 25.9. The van der Waals surface area contributed by atoms with E-state index in [1.54, 1.807) is 19.0 Å². The molecule has 5 N–H and O–H groups in total. The van der Waals surface area contributed by atoms with E-state index in [9.17, 15) is 48.6 Å². The number of aliphatic hydroxyl groups is 1. The molecule has 0 heterocycles. The van der Waals surface area contributed by atoms with Crippen molar-refractivity contribution >= 4 is 58.4 Å². The number of ether oxygens (including phenoxy) is 2. The molecule has 1 aromatic rings. The molecule has 3 aliphatic rings. The number of unbranched alkanes of at least 4 members (excludes halogenated alkanes) is 1. The fourth-order valence-electron chi connectivity index (χ4n) is 7.81. The van der Waals surface area contributed by atoms with E-state index in [0.29, 0.717) is 24.1 Å². The first-order valence-corrected chi connectivity index (χ1v) is 17.8. The second kappa shape index (κ2) is 15.8. The SMILES string of the molecule is CCCCN(CC(=O)Nc1cc(N(C)C)c2c(c1O)C(=O)C1C(=O)[C@]3(O)C(=O)C(C(N)=O)C(=O)[C@@H](N(C)C)[C@@H]3C[C@@H]1C2)C(=O)OCOC(=O)CC(C)(C)C. The summed E-state index contributed by atoms with van der Waals surface area (Å²) >= 11 is 0. The molecule has 0 saturated heterocycles. The summed E-state index contributed by atoms with van der Waals surface area (Å²) in [6.45, 7) is 6.33. The van der Waals surface area contributed by atoms with Gasteiger partial charge in [0, 0.05) is 32.2 Å². The largest absolute Gasteiger partial charge is 0.505 e. The number of hydrogen-bond acceptors (Lipinski definition) is 14. The van der Waals surface area contributed by atoms with Crippen molar-refractivity contribution in [2.24, 2.45) is 34.8 Å². The van der Waals surface area contributed by atoms with Crippen LogP contribution < -0.4 is 16.0 Å². The molecule has 0 bridgehead atoms. The third-order valence-electron chi connectivity index (χ3n) is 10.2. The number of anilines is 2. The lowest BCUT2D eigenvalue weighted by Gasteiger charge is -2.52. The fraction of sp³-hybridized carbons (Fsp3) is 0.622. The maximum absolute atomic E-state index is 14.3. The van der Waals surface area contributed by atoms with E-state index < -0.39 is 101 Å². The van der Waals surface area contributed by atoms with Gasteiger partial charge >= 0.3 is 12.1 Å². The van der Waals surface area contributed by atoms with Gasteiger partial charge in [-0.25, -0.2) is 4.79 Å². The number of esters is 1. The van der Waals surface area contributed by atoms with Gasteiger partial charge in [-0.15, -0.1) is 0 Å². The Morgan fingerprint density at radius 3 is 2.24 bits per heavy atom. The van der Waals surface area contributed by atoms with Crippen molar-refractivity contribution in [3.05, 3.63) is 17.2 Å². The summed E-state index contributed by atoms with van der Waals surface area (Å²) in [4.78, 5) is 110. The zero-order valence-corrected chi connectivity index (χ0v) is 32.0. The number of likely N-dealkylation sites (N-methyl/N-ethyl adjacent to an activating group) is 1. The minimum absolute atomic E-state index is 0.0259. The normalized spacial score (nSPS) is 25.0. The molecule has 3 aliphatic carbocycles. The number of aromatic hydroxyl groups is 1. The van der Waals surface area contributed by atoms with E-state index in [1.807, 2.05) is 27.7 Å². The molecule has 6 atom stereocenters. The van der Waals surface area contributed by atoms with Crippen LogP contribution in [0.2, 0.25) is 0 Å². The Kier molecular flexibility index (Phi) is 12.3. The number of ketones is 4. The molecular formula is C37H51N5O12. The number of Topliss-reactive ketones (excluding diaryl/α,β-unsaturated/α-hetero) is 4. The summed E-state index contributed by atoms with van der Waals surface area (Å²) in [6.07, 6.45) is 0.257. The number of carbonyl (C=O) groups is 8. The van der Waals surface area contributed by atoms with Crippen molar-refractivity contribution in [3.8, 4) is 5.75 Å². The summed E-state index contributed by atoms with van der Waals surface area (Å²) < 4.78 is 10.1. The van der Waals surface area contributed by atoms with Crippen molar-refractivity contribution in [1.82, 2.24) is 9.80 Å². The highest BCUT2D eigenvalue weighted by Gasteiger charge is 2.69. The van der Waals surface area contributed by atoms with Crippen LogP contribution in [0, 0.1) is 29.1 Å². The third-order valence-corrected chi connectivity index (χ3v) is 10.2. The monoisotopic (exact) mass is 757 g/mol. The lowest BCUT2D eigenvalue weighted by Crippen LogP contribution is -2.74. The predicted octanol–water partition coefficient (Wildman–Crippen LogP) is 1.05. The number of nitrogens with zero attached hydrogens (tertiary/aromatic N) is 3. The molecule has 4 rings (SSSR count). The van der Waals surface area contributed by atoms with Crippen molar-refractivity contribution in [2.45, 2.75) is 71.4 Å². The van der Waals surface area contributed by atoms with Crippen LogP contribution in [-0.4, -0.2) is 127 Å². The number of rotatable bonds is 12. The summed E-state index contributed by atoms with van der Waals surface area (Å²) in [6, 6.07) is 0.209. The molecule has 1 aromatic carbocycles. The summed E-state index contributed by atoms with van der Waals surface area (Å²) in [5.74, 6) is -13.4. The van der Waals surface area contributed by atoms with Crippen LogP contribution in [0.15, 0.2) is 6.07 Å². The number of phenols is 1. The van der Waals surface area contributed by atoms with Crippen LogP contribution >= 0.6 is 0 Å². The number of nitrogens with one attached hydrogen (secondary N) is 1. The van der Waals surface area contributed by atoms with Crippen LogP contribution in [0.1, 0.15) is 69.3 Å². The number of benzene rings is 1. The fourth-order valence-corrected chi connectivity index (χ4v) is 7.81. The van der Waals surface area contributed by atoms with Gasteiger partial charge in [0.05, 0.1) is 29.6 Å². The number of hydrogen-bond donors (Lipinski definition) is 4. The van der Waals surface area contributed by atoms with Gasteiger partial charge in [0.25, 0.3) is 0 Å². The van der Waals surface area contributed by atoms with Gasteiger partial charge in [0.2, 0.25) is 18.6 Å². The molecule has 3 amide bonds. The Labute approximate surface area is 313 Å². The van der Waals surface area contributed by atoms with Gasteiger partial charge in [-0.2, -0.15) is 0 Å². The molecular weight excluding hydrogens is 706 g/mol. The van der Waals surface area contributed by atoms with Crippen molar-refractivity contribution < 1.29 is 58.0 Å². The first kappa shape index (κ1) is 41.9. The van der Waals surface area contributed by atoms with E-state index in [-0.39, 0.29) is 42.5 Å². The van der Waals surface area contributed by atoms with Crippen LogP contribution in [0.3, 0.4) is 0 Å². The van der Waals surface area contributed by atoms with Crippen LogP contribution in [0.25, 0.3) is 0 Å². The maximum Gasteiger partial charge on any atom is 0.413 e. The summed E-state index contributed by atoms with van der Waals surface area (Å²) in [7, 11) is 6.34. The van der Waals surface area contributed by atoms with Gasteiger partial charge < -0.3 is 35.6 Å². The van der Waals surface area contributed by atoms with Crippen molar-refractivity contribution in [3.63, 3.8) is 0 Å². The number of primary amides is 1. The van der Waals surface area contributed by atoms with Crippen LogP contribution in [0.4, 0.5) is 16.2 Å². The summed E-state index contributed by atoms with van der Waals surface area (Å²) in [5.41, 5.74) is 2.41. The number of nitrogens with two attached hydrogens (primary N) is 1. The van der Waals surface area contributed by atoms with Gasteiger partial charge in [0.15, 0.2) is 34.7 Å². The quantitative estimate of drug-likeness (QED) is 0.101. The molecule has 54 heavy (non-hydrogen) atoms. The molecule has 0 aromatic heterocycles. The smallest absolute Gasteiger partial charge is 0.413 e. The van der Waals surface area contributed by atoms with Gasteiger partial charge in [-0.3, -0.25) is 43.4 Å². The molecule has 0 aliphatic heterocycles. The van der Waals surface area contributed by atoms with E-state index >= 15 is 0 Å². The Morgan fingerprint density at radius 2 is 1.69 bits per heavy atom. The molecule has 17 heteroatoms. The van der Waals surface area contributed by atoms with E-state index in [1.165, 1.54) is 25.1 Å². The molecule has 2 fully saturated rings. The van der Waals surface area contributed by atoms with Crippen molar-refractivity contribution in [2.75, 3.05) is 58.3 Å².